The molecule has 6 nitrogen and oxygen atoms in total. The van der Waals surface area contributed by atoms with Crippen molar-refractivity contribution in [1.29, 1.82) is 5.26 Å². The second kappa shape index (κ2) is 10.1. The molecule has 2 aromatic carbocycles. The van der Waals surface area contributed by atoms with Gasteiger partial charge in [0.2, 0.25) is 6.23 Å². The summed E-state index contributed by atoms with van der Waals surface area (Å²) >= 11 is 6.25. The monoisotopic (exact) mass is 488 g/mol. The second-order valence-corrected chi connectivity index (χ2v) is 8.19. The maximum atomic E-state index is 13.0. The highest BCUT2D eigenvalue weighted by molar-refractivity contribution is 6.31. The summed E-state index contributed by atoms with van der Waals surface area (Å²) in [5.41, 5.74) is 0.900. The van der Waals surface area contributed by atoms with Gasteiger partial charge in [0.25, 0.3) is 0 Å². The first-order valence-corrected chi connectivity index (χ1v) is 10.6. The van der Waals surface area contributed by atoms with Crippen molar-refractivity contribution < 1.29 is 22.7 Å². The lowest BCUT2D eigenvalue weighted by Gasteiger charge is -2.13. The number of hydrogen-bond acceptors (Lipinski definition) is 5. The van der Waals surface area contributed by atoms with Crippen LogP contribution in [0, 0.1) is 17.2 Å². The van der Waals surface area contributed by atoms with E-state index in [1.165, 1.54) is 12.1 Å². The summed E-state index contributed by atoms with van der Waals surface area (Å²) in [6, 6.07) is 11.8. The number of carbonyl (C=O) groups excluding carboxylic acids is 1. The molecule has 0 bridgehead atoms. The van der Waals surface area contributed by atoms with E-state index in [2.05, 4.69) is 10.2 Å². The van der Waals surface area contributed by atoms with E-state index in [1.807, 2.05) is 6.07 Å². The van der Waals surface area contributed by atoms with Crippen molar-refractivity contribution in [2.45, 2.75) is 33.2 Å². The topological polar surface area (TPSA) is 80.8 Å². The molecule has 0 radical (unpaired) electrons. The maximum absolute atomic E-state index is 13.0. The molecule has 1 unspecified atom stereocenters. The number of carbonyl (C=O) groups is 1. The van der Waals surface area contributed by atoms with Gasteiger partial charge >= 0.3 is 12.1 Å². The van der Waals surface area contributed by atoms with Crippen LogP contribution in [0.25, 0.3) is 23.4 Å². The minimum atomic E-state index is -4.44. The van der Waals surface area contributed by atoms with Crippen LogP contribution < -0.4 is 0 Å². The number of rotatable bonds is 6. The third-order valence-electron chi connectivity index (χ3n) is 4.69. The molecule has 0 N–H and O–H groups in total. The molecule has 0 aliphatic carbocycles. The molecule has 0 fully saturated rings. The van der Waals surface area contributed by atoms with Crippen molar-refractivity contribution in [3.05, 3.63) is 69.9 Å². The fraction of sp³-hybridized carbons (Fsp3) is 0.250. The Bertz CT molecular complexity index is 1280. The number of hydrogen-bond donors (Lipinski definition) is 0. The van der Waals surface area contributed by atoms with Crippen molar-refractivity contribution in [3.8, 4) is 17.3 Å². The molecule has 0 spiro atoms. The van der Waals surface area contributed by atoms with Gasteiger partial charge in [-0.2, -0.15) is 18.4 Å². The average molecular weight is 489 g/mol. The second-order valence-electron chi connectivity index (χ2n) is 7.75. The van der Waals surface area contributed by atoms with Crippen molar-refractivity contribution in [2.24, 2.45) is 5.92 Å². The van der Waals surface area contributed by atoms with Gasteiger partial charge in [-0.05, 0) is 48.4 Å². The number of alkyl halides is 3. The summed E-state index contributed by atoms with van der Waals surface area (Å²) in [4.78, 5) is 13.0. The smallest absolute Gasteiger partial charge is 0.416 e. The molecule has 176 valence electrons. The van der Waals surface area contributed by atoms with Crippen LogP contribution in [0.4, 0.5) is 13.2 Å². The quantitative estimate of drug-likeness (QED) is 0.297. The molecule has 1 atom stereocenters. The average Bonchev–Trinajstić information content (AvgIpc) is 3.21. The maximum Gasteiger partial charge on any atom is 0.416 e. The number of nitriles is 1. The molecule has 1 heterocycles. The highest BCUT2D eigenvalue weighted by Crippen LogP contribution is 2.30. The number of aromatic nitrogens is 3. The van der Waals surface area contributed by atoms with E-state index >= 15 is 0 Å². The van der Waals surface area contributed by atoms with Gasteiger partial charge in [0.1, 0.15) is 11.8 Å². The number of esters is 1. The van der Waals surface area contributed by atoms with E-state index in [0.717, 1.165) is 16.9 Å². The van der Waals surface area contributed by atoms with Crippen molar-refractivity contribution in [3.63, 3.8) is 0 Å². The molecule has 10 heteroatoms. The first kappa shape index (κ1) is 25.0. The Morgan fingerprint density at radius 1 is 1.12 bits per heavy atom. The first-order valence-electron chi connectivity index (χ1n) is 10.2. The van der Waals surface area contributed by atoms with Crippen molar-refractivity contribution in [1.82, 2.24) is 15.0 Å². The van der Waals surface area contributed by atoms with Crippen LogP contribution in [-0.4, -0.2) is 21.0 Å². The number of ether oxygens (including phenoxy) is 1. The predicted molar refractivity (Wildman–Crippen MR) is 121 cm³/mol. The molecule has 34 heavy (non-hydrogen) atoms. The molecule has 0 saturated heterocycles. The summed E-state index contributed by atoms with van der Waals surface area (Å²) < 4.78 is 44.1. The molecular weight excluding hydrogens is 469 g/mol. The Labute approximate surface area is 199 Å². The van der Waals surface area contributed by atoms with Crippen molar-refractivity contribution in [2.75, 3.05) is 0 Å². The zero-order valence-corrected chi connectivity index (χ0v) is 19.2. The predicted octanol–water partition coefficient (Wildman–Crippen LogP) is 6.38. The lowest BCUT2D eigenvalue weighted by molar-refractivity contribution is -0.157. The Morgan fingerprint density at radius 2 is 1.82 bits per heavy atom. The van der Waals surface area contributed by atoms with Gasteiger partial charge in [-0.3, -0.25) is 4.79 Å². The Hall–Kier alpha value is -3.64. The fourth-order valence-corrected chi connectivity index (χ4v) is 3.21. The fourth-order valence-electron chi connectivity index (χ4n) is 2.96. The molecule has 3 aromatic rings. The van der Waals surface area contributed by atoms with Crippen LogP contribution in [0.1, 0.15) is 49.4 Å². The molecule has 0 saturated carbocycles. The zero-order chi connectivity index (χ0) is 25.0. The van der Waals surface area contributed by atoms with Gasteiger partial charge in [0.05, 0.1) is 11.5 Å². The first-order chi connectivity index (χ1) is 16.0. The van der Waals surface area contributed by atoms with Gasteiger partial charge in [0.15, 0.2) is 5.69 Å². The van der Waals surface area contributed by atoms with Crippen LogP contribution >= 0.6 is 11.6 Å². The van der Waals surface area contributed by atoms with Crippen LogP contribution in [0.3, 0.4) is 0 Å². The van der Waals surface area contributed by atoms with Gasteiger partial charge < -0.3 is 4.74 Å². The van der Waals surface area contributed by atoms with Gasteiger partial charge in [0, 0.05) is 10.6 Å². The van der Waals surface area contributed by atoms with E-state index in [4.69, 9.17) is 16.3 Å². The minimum absolute atomic E-state index is 0.00233. The van der Waals surface area contributed by atoms with Gasteiger partial charge in [-0.1, -0.05) is 49.7 Å². The summed E-state index contributed by atoms with van der Waals surface area (Å²) in [6.07, 6.45) is -2.14. The molecule has 3 rings (SSSR count). The summed E-state index contributed by atoms with van der Waals surface area (Å²) in [7, 11) is 0. The van der Waals surface area contributed by atoms with E-state index in [9.17, 15) is 23.2 Å². The Balaban J connectivity index is 1.92. The summed E-state index contributed by atoms with van der Waals surface area (Å²) in [5.74, 6) is -0.776. The highest BCUT2D eigenvalue weighted by atomic mass is 35.5. The largest absolute Gasteiger partial charge is 0.438 e. The van der Waals surface area contributed by atoms with Gasteiger partial charge in [-0.25, -0.2) is 0 Å². The lowest BCUT2D eigenvalue weighted by atomic mass is 10.0. The van der Waals surface area contributed by atoms with Crippen LogP contribution in [0.2, 0.25) is 5.02 Å². The third kappa shape index (κ3) is 6.02. The summed E-state index contributed by atoms with van der Waals surface area (Å²) in [5, 5.41) is 18.3. The number of benzene rings is 2. The van der Waals surface area contributed by atoms with E-state index in [-0.39, 0.29) is 17.3 Å². The SMILES string of the molecule is CC(C)C(=O)OC(C)n1nc(C#N)c(-c2cc(Cl)cc(C=Cc3cccc(C(F)(F)F)c3)c2)n1. The molecular formula is C24H20ClF3N4O2. The zero-order valence-electron chi connectivity index (χ0n) is 18.5. The number of halogens is 4. The number of nitrogens with zero attached hydrogens (tertiary/aromatic N) is 4. The lowest BCUT2D eigenvalue weighted by Crippen LogP contribution is -2.20. The molecule has 0 aliphatic heterocycles. The van der Waals surface area contributed by atoms with Crippen molar-refractivity contribution >= 4 is 29.7 Å². The van der Waals surface area contributed by atoms with Gasteiger partial charge in [-0.15, -0.1) is 15.0 Å². The summed E-state index contributed by atoms with van der Waals surface area (Å²) in [6.45, 7) is 4.96. The van der Waals surface area contributed by atoms with Crippen LogP contribution in [0.15, 0.2) is 42.5 Å². The normalized spacial score (nSPS) is 12.7. The van der Waals surface area contributed by atoms with E-state index < -0.39 is 23.9 Å². The van der Waals surface area contributed by atoms with E-state index in [0.29, 0.717) is 21.7 Å². The highest BCUT2D eigenvalue weighted by Gasteiger charge is 2.30. The molecule has 0 amide bonds. The third-order valence-corrected chi connectivity index (χ3v) is 4.91. The van der Waals surface area contributed by atoms with Crippen LogP contribution in [0.5, 0.6) is 0 Å². The molecule has 0 aliphatic rings. The Kier molecular flexibility index (Phi) is 7.42. The van der Waals surface area contributed by atoms with Crippen LogP contribution in [-0.2, 0) is 15.7 Å². The standard InChI is InChI=1S/C24H20ClF3N4O2/c1-14(2)23(33)34-15(3)32-30-21(13-29)22(31-32)18-9-17(11-20(25)12-18)8-7-16-5-4-6-19(10-16)24(26,27)28/h4-12,14-15H,1-3H3. The molecule has 1 aromatic heterocycles. The van der Waals surface area contributed by atoms with E-state index in [1.54, 1.807) is 51.1 Å². The minimum Gasteiger partial charge on any atom is -0.438 e. The Morgan fingerprint density at radius 3 is 2.47 bits per heavy atom.